The summed E-state index contributed by atoms with van der Waals surface area (Å²) in [4.78, 5) is 10.5. The van der Waals surface area contributed by atoms with Gasteiger partial charge in [0.15, 0.2) is 0 Å². The third-order valence-electron chi connectivity index (χ3n) is 2.73. The summed E-state index contributed by atoms with van der Waals surface area (Å²) in [5.74, 6) is -0.703. The minimum absolute atomic E-state index is 0.0186. The average Bonchev–Trinajstić information content (AvgIpc) is 2.80. The summed E-state index contributed by atoms with van der Waals surface area (Å²) in [6.07, 6.45) is 3.53. The molecule has 1 aliphatic rings. The molecule has 0 saturated heterocycles. The zero-order valence-electron chi connectivity index (χ0n) is 8.38. The maximum atomic E-state index is 10.5. The van der Waals surface area contributed by atoms with Crippen molar-refractivity contribution >= 4 is 5.97 Å². The Hall–Kier alpha value is -0.570. The predicted molar refractivity (Wildman–Crippen MR) is 49.6 cm³/mol. The monoisotopic (exact) mass is 186 g/mol. The van der Waals surface area contributed by atoms with Crippen LogP contribution in [-0.2, 0) is 9.53 Å². The van der Waals surface area contributed by atoms with Gasteiger partial charge in [-0.1, -0.05) is 6.92 Å². The highest BCUT2D eigenvalue weighted by molar-refractivity contribution is 5.68. The van der Waals surface area contributed by atoms with E-state index in [0.717, 1.165) is 19.3 Å². The molecule has 1 fully saturated rings. The van der Waals surface area contributed by atoms with Gasteiger partial charge in [0.2, 0.25) is 0 Å². The highest BCUT2D eigenvalue weighted by atomic mass is 16.5. The third-order valence-corrected chi connectivity index (χ3v) is 2.73. The minimum Gasteiger partial charge on any atom is -0.481 e. The molecule has 1 rings (SSSR count). The van der Waals surface area contributed by atoms with Gasteiger partial charge < -0.3 is 9.84 Å². The van der Waals surface area contributed by atoms with Crippen molar-refractivity contribution in [2.24, 2.45) is 5.41 Å². The Morgan fingerprint density at radius 3 is 2.62 bits per heavy atom. The second-order valence-corrected chi connectivity index (χ2v) is 4.10. The number of aliphatic carboxylic acids is 1. The van der Waals surface area contributed by atoms with Crippen LogP contribution in [0.3, 0.4) is 0 Å². The number of carboxylic acids is 1. The van der Waals surface area contributed by atoms with Crippen LogP contribution in [0, 0.1) is 5.41 Å². The van der Waals surface area contributed by atoms with Crippen LogP contribution in [0.2, 0.25) is 0 Å². The molecule has 0 aromatic heterocycles. The van der Waals surface area contributed by atoms with E-state index in [2.05, 4.69) is 6.92 Å². The fourth-order valence-corrected chi connectivity index (χ4v) is 1.31. The van der Waals surface area contributed by atoms with Crippen LogP contribution >= 0.6 is 0 Å². The van der Waals surface area contributed by atoms with E-state index >= 15 is 0 Å². The summed E-state index contributed by atoms with van der Waals surface area (Å²) < 4.78 is 5.56. The van der Waals surface area contributed by atoms with E-state index in [9.17, 15) is 4.79 Å². The molecular weight excluding hydrogens is 168 g/mol. The minimum atomic E-state index is -0.703. The molecule has 0 spiro atoms. The summed E-state index contributed by atoms with van der Waals surface area (Å²) in [7, 11) is 0. The van der Waals surface area contributed by atoms with Crippen LogP contribution in [0.4, 0.5) is 0 Å². The van der Waals surface area contributed by atoms with E-state index in [4.69, 9.17) is 9.84 Å². The molecular formula is C10H18O3. The number of hydrogen-bond acceptors (Lipinski definition) is 2. The van der Waals surface area contributed by atoms with E-state index in [0.29, 0.717) is 6.61 Å². The summed E-state index contributed by atoms with van der Waals surface area (Å²) in [5.41, 5.74) is -0.0186. The molecule has 1 aliphatic carbocycles. The van der Waals surface area contributed by atoms with E-state index < -0.39 is 5.97 Å². The smallest absolute Gasteiger partial charge is 0.303 e. The van der Waals surface area contributed by atoms with E-state index in [1.165, 1.54) is 0 Å². The van der Waals surface area contributed by atoms with Gasteiger partial charge in [0.25, 0.3) is 0 Å². The maximum absolute atomic E-state index is 10.5. The average molecular weight is 186 g/mol. The van der Waals surface area contributed by atoms with Crippen molar-refractivity contribution in [3.05, 3.63) is 0 Å². The molecule has 0 aliphatic heterocycles. The second-order valence-electron chi connectivity index (χ2n) is 4.10. The SMILES string of the molecule is CCC(C)OCC1(CC(=O)O)CC1. The van der Waals surface area contributed by atoms with Crippen molar-refractivity contribution in [2.45, 2.75) is 45.6 Å². The molecule has 0 amide bonds. The Morgan fingerprint density at radius 2 is 2.23 bits per heavy atom. The van der Waals surface area contributed by atoms with E-state index in [1.807, 2.05) is 6.92 Å². The fraction of sp³-hybridized carbons (Fsp3) is 0.900. The van der Waals surface area contributed by atoms with Gasteiger partial charge >= 0.3 is 5.97 Å². The molecule has 76 valence electrons. The Bertz CT molecular complexity index is 185. The van der Waals surface area contributed by atoms with Gasteiger partial charge in [0.05, 0.1) is 19.1 Å². The number of ether oxygens (including phenoxy) is 1. The highest BCUT2D eigenvalue weighted by Gasteiger charge is 2.44. The van der Waals surface area contributed by atoms with Crippen molar-refractivity contribution in [3.8, 4) is 0 Å². The molecule has 1 N–H and O–H groups in total. The topological polar surface area (TPSA) is 46.5 Å². The van der Waals surface area contributed by atoms with Gasteiger partial charge in [-0.15, -0.1) is 0 Å². The Balaban J connectivity index is 2.23. The number of carbonyl (C=O) groups is 1. The second kappa shape index (κ2) is 4.09. The number of hydrogen-bond donors (Lipinski definition) is 1. The molecule has 0 heterocycles. The zero-order chi connectivity index (χ0) is 9.90. The molecule has 3 heteroatoms. The van der Waals surface area contributed by atoms with Crippen molar-refractivity contribution in [2.75, 3.05) is 6.61 Å². The summed E-state index contributed by atoms with van der Waals surface area (Å²) >= 11 is 0. The van der Waals surface area contributed by atoms with Crippen molar-refractivity contribution in [1.82, 2.24) is 0 Å². The van der Waals surface area contributed by atoms with Crippen LogP contribution in [0.1, 0.15) is 39.5 Å². The summed E-state index contributed by atoms with van der Waals surface area (Å²) in [6.45, 7) is 4.71. The molecule has 0 radical (unpaired) electrons. The van der Waals surface area contributed by atoms with Crippen molar-refractivity contribution in [1.29, 1.82) is 0 Å². The van der Waals surface area contributed by atoms with Crippen molar-refractivity contribution in [3.63, 3.8) is 0 Å². The maximum Gasteiger partial charge on any atom is 0.303 e. The first-order valence-electron chi connectivity index (χ1n) is 4.91. The van der Waals surface area contributed by atoms with Gasteiger partial charge in [-0.25, -0.2) is 0 Å². The van der Waals surface area contributed by atoms with Gasteiger partial charge in [0, 0.05) is 5.41 Å². The summed E-state index contributed by atoms with van der Waals surface area (Å²) in [6, 6.07) is 0. The standard InChI is InChI=1S/C10H18O3/c1-3-8(2)13-7-10(4-5-10)6-9(11)12/h8H,3-7H2,1-2H3,(H,11,12). The quantitative estimate of drug-likeness (QED) is 0.690. The van der Waals surface area contributed by atoms with Gasteiger partial charge in [-0.05, 0) is 26.2 Å². The highest BCUT2D eigenvalue weighted by Crippen LogP contribution is 2.49. The van der Waals surface area contributed by atoms with Crippen LogP contribution in [-0.4, -0.2) is 23.8 Å². The molecule has 0 aromatic rings. The van der Waals surface area contributed by atoms with Crippen molar-refractivity contribution < 1.29 is 14.6 Å². The van der Waals surface area contributed by atoms with Crippen LogP contribution in [0.5, 0.6) is 0 Å². The van der Waals surface area contributed by atoms with Gasteiger partial charge in [0.1, 0.15) is 0 Å². The lowest BCUT2D eigenvalue weighted by molar-refractivity contribution is -0.139. The van der Waals surface area contributed by atoms with Crippen LogP contribution < -0.4 is 0 Å². The Kier molecular flexibility index (Phi) is 3.31. The first kappa shape index (κ1) is 10.5. The van der Waals surface area contributed by atoms with E-state index in [-0.39, 0.29) is 17.9 Å². The normalized spacial score (nSPS) is 21.1. The van der Waals surface area contributed by atoms with Gasteiger partial charge in [-0.3, -0.25) is 4.79 Å². The van der Waals surface area contributed by atoms with Crippen LogP contribution in [0.15, 0.2) is 0 Å². The molecule has 0 bridgehead atoms. The van der Waals surface area contributed by atoms with Gasteiger partial charge in [-0.2, -0.15) is 0 Å². The molecule has 1 unspecified atom stereocenters. The molecule has 3 nitrogen and oxygen atoms in total. The predicted octanol–water partition coefficient (Wildman–Crippen LogP) is 2.06. The Labute approximate surface area is 79.1 Å². The first-order chi connectivity index (χ1) is 6.08. The lowest BCUT2D eigenvalue weighted by Gasteiger charge is -2.16. The third kappa shape index (κ3) is 3.35. The van der Waals surface area contributed by atoms with E-state index in [1.54, 1.807) is 0 Å². The lowest BCUT2D eigenvalue weighted by Crippen LogP contribution is -2.19. The lowest BCUT2D eigenvalue weighted by atomic mass is 10.0. The Morgan fingerprint density at radius 1 is 1.62 bits per heavy atom. The molecule has 1 atom stereocenters. The molecule has 13 heavy (non-hydrogen) atoms. The largest absolute Gasteiger partial charge is 0.481 e. The number of carboxylic acid groups (broad SMARTS) is 1. The van der Waals surface area contributed by atoms with Crippen LogP contribution in [0.25, 0.3) is 0 Å². The fourth-order valence-electron chi connectivity index (χ4n) is 1.31. The summed E-state index contributed by atoms with van der Waals surface area (Å²) in [5, 5.41) is 8.66. The molecule has 1 saturated carbocycles. The molecule has 0 aromatic carbocycles. The first-order valence-corrected chi connectivity index (χ1v) is 4.91. The number of rotatable bonds is 6. The zero-order valence-corrected chi connectivity index (χ0v) is 8.38.